The number of aryl methyl sites for hydroxylation is 3. The van der Waals surface area contributed by atoms with Crippen molar-refractivity contribution in [3.63, 3.8) is 0 Å². The van der Waals surface area contributed by atoms with Gasteiger partial charge in [-0.15, -0.1) is 11.3 Å². The van der Waals surface area contributed by atoms with Crippen LogP contribution >= 0.6 is 11.3 Å². The SMILES string of the molecule is Cc1ccc(NC(=O)CCc2csc(NC(=O)c3ccccc3)n2)c(C)c1. The molecular weight excluding hydrogens is 358 g/mol. The van der Waals surface area contributed by atoms with E-state index >= 15 is 0 Å². The molecule has 1 heterocycles. The highest BCUT2D eigenvalue weighted by Crippen LogP contribution is 2.19. The van der Waals surface area contributed by atoms with E-state index in [-0.39, 0.29) is 11.8 Å². The molecule has 0 aliphatic heterocycles. The number of amides is 2. The first-order chi connectivity index (χ1) is 13.0. The Hall–Kier alpha value is -2.99. The quantitative estimate of drug-likeness (QED) is 0.658. The Balaban J connectivity index is 1.52. The minimum atomic E-state index is -0.191. The van der Waals surface area contributed by atoms with Gasteiger partial charge in [0.2, 0.25) is 5.91 Å². The van der Waals surface area contributed by atoms with Crippen LogP contribution in [0.25, 0.3) is 0 Å². The number of hydrogen-bond donors (Lipinski definition) is 2. The molecule has 27 heavy (non-hydrogen) atoms. The van der Waals surface area contributed by atoms with E-state index in [0.29, 0.717) is 23.5 Å². The lowest BCUT2D eigenvalue weighted by Crippen LogP contribution is -2.13. The van der Waals surface area contributed by atoms with Crippen LogP contribution in [0.4, 0.5) is 10.8 Å². The summed E-state index contributed by atoms with van der Waals surface area (Å²) in [6, 6.07) is 14.9. The van der Waals surface area contributed by atoms with Crippen LogP contribution in [0.1, 0.15) is 33.6 Å². The van der Waals surface area contributed by atoms with Gasteiger partial charge in [-0.25, -0.2) is 4.98 Å². The third-order valence-electron chi connectivity index (χ3n) is 4.07. The molecule has 0 saturated carbocycles. The van der Waals surface area contributed by atoms with Crippen molar-refractivity contribution in [2.75, 3.05) is 10.6 Å². The minimum absolute atomic E-state index is 0.0511. The van der Waals surface area contributed by atoms with E-state index < -0.39 is 0 Å². The van der Waals surface area contributed by atoms with Gasteiger partial charge in [0.15, 0.2) is 5.13 Å². The van der Waals surface area contributed by atoms with Gasteiger partial charge in [0.1, 0.15) is 0 Å². The summed E-state index contributed by atoms with van der Waals surface area (Å²) in [6.07, 6.45) is 0.859. The van der Waals surface area contributed by atoms with Crippen molar-refractivity contribution in [1.29, 1.82) is 0 Å². The van der Waals surface area contributed by atoms with Crippen molar-refractivity contribution in [2.45, 2.75) is 26.7 Å². The molecule has 0 aliphatic carbocycles. The molecule has 138 valence electrons. The number of benzene rings is 2. The first kappa shape index (κ1) is 18.8. The zero-order chi connectivity index (χ0) is 19.2. The van der Waals surface area contributed by atoms with Crippen LogP contribution < -0.4 is 10.6 Å². The average molecular weight is 379 g/mol. The summed E-state index contributed by atoms with van der Waals surface area (Å²) in [5, 5.41) is 8.12. The number of carbonyl (C=O) groups excluding carboxylic acids is 2. The van der Waals surface area contributed by atoms with Crippen LogP contribution in [0.2, 0.25) is 0 Å². The molecule has 0 atom stereocenters. The summed E-state index contributed by atoms with van der Waals surface area (Å²) >= 11 is 1.36. The number of aromatic nitrogens is 1. The van der Waals surface area contributed by atoms with Crippen LogP contribution in [-0.4, -0.2) is 16.8 Å². The van der Waals surface area contributed by atoms with Crippen molar-refractivity contribution in [2.24, 2.45) is 0 Å². The Morgan fingerprint density at radius 1 is 1.04 bits per heavy atom. The number of hydrogen-bond acceptors (Lipinski definition) is 4. The minimum Gasteiger partial charge on any atom is -0.326 e. The molecule has 0 unspecified atom stereocenters. The van der Waals surface area contributed by atoms with Crippen molar-refractivity contribution >= 4 is 34.0 Å². The molecule has 2 aromatic carbocycles. The molecule has 2 N–H and O–H groups in total. The lowest BCUT2D eigenvalue weighted by molar-refractivity contribution is -0.116. The maximum Gasteiger partial charge on any atom is 0.257 e. The number of anilines is 2. The Morgan fingerprint density at radius 2 is 1.81 bits per heavy atom. The molecule has 3 aromatic rings. The molecule has 0 bridgehead atoms. The fourth-order valence-corrected chi connectivity index (χ4v) is 3.39. The highest BCUT2D eigenvalue weighted by atomic mass is 32.1. The number of nitrogens with zero attached hydrogens (tertiary/aromatic N) is 1. The zero-order valence-electron chi connectivity index (χ0n) is 15.3. The second-order valence-corrected chi connectivity index (χ2v) is 7.19. The number of carbonyl (C=O) groups is 2. The van der Waals surface area contributed by atoms with Crippen LogP contribution in [0.15, 0.2) is 53.9 Å². The van der Waals surface area contributed by atoms with E-state index in [1.54, 1.807) is 12.1 Å². The summed E-state index contributed by atoms with van der Waals surface area (Å²) in [6.45, 7) is 4.00. The van der Waals surface area contributed by atoms with Crippen molar-refractivity contribution in [3.05, 3.63) is 76.3 Å². The molecule has 6 heteroatoms. The second-order valence-electron chi connectivity index (χ2n) is 6.33. The van der Waals surface area contributed by atoms with E-state index in [9.17, 15) is 9.59 Å². The molecule has 1 aromatic heterocycles. The second kappa shape index (κ2) is 8.60. The first-order valence-corrected chi connectivity index (χ1v) is 9.57. The Labute approximate surface area is 162 Å². The summed E-state index contributed by atoms with van der Waals surface area (Å²) in [4.78, 5) is 28.7. The van der Waals surface area contributed by atoms with Crippen molar-refractivity contribution < 1.29 is 9.59 Å². The van der Waals surface area contributed by atoms with Gasteiger partial charge < -0.3 is 5.32 Å². The summed E-state index contributed by atoms with van der Waals surface area (Å²) in [5.41, 5.74) is 4.42. The molecular formula is C21H21N3O2S. The van der Waals surface area contributed by atoms with E-state index in [1.165, 1.54) is 11.3 Å². The first-order valence-electron chi connectivity index (χ1n) is 8.69. The van der Waals surface area contributed by atoms with Crippen LogP contribution in [0, 0.1) is 13.8 Å². The standard InChI is InChI=1S/C21H21N3O2S/c1-14-8-10-18(15(2)12-14)23-19(25)11-9-17-13-27-21(22-17)24-20(26)16-6-4-3-5-7-16/h3-8,10,12-13H,9,11H2,1-2H3,(H,23,25)(H,22,24,26). The van der Waals surface area contributed by atoms with E-state index in [0.717, 1.165) is 22.5 Å². The third kappa shape index (κ3) is 5.24. The maximum absolute atomic E-state index is 12.2. The van der Waals surface area contributed by atoms with Gasteiger partial charge >= 0.3 is 0 Å². The summed E-state index contributed by atoms with van der Waals surface area (Å²) in [7, 11) is 0. The zero-order valence-corrected chi connectivity index (χ0v) is 16.1. The van der Waals surface area contributed by atoms with Crippen LogP contribution in [0.5, 0.6) is 0 Å². The van der Waals surface area contributed by atoms with Crippen molar-refractivity contribution in [1.82, 2.24) is 4.98 Å². The molecule has 0 aliphatic rings. The van der Waals surface area contributed by atoms with Crippen LogP contribution in [-0.2, 0) is 11.2 Å². The van der Waals surface area contributed by atoms with E-state index in [4.69, 9.17) is 0 Å². The summed E-state index contributed by atoms with van der Waals surface area (Å²) < 4.78 is 0. The lowest BCUT2D eigenvalue weighted by atomic mass is 10.1. The van der Waals surface area contributed by atoms with E-state index in [1.807, 2.05) is 55.6 Å². The fraction of sp³-hybridized carbons (Fsp3) is 0.190. The van der Waals surface area contributed by atoms with Gasteiger partial charge in [0.25, 0.3) is 5.91 Å². The predicted octanol–water partition coefficient (Wildman–Crippen LogP) is 4.58. The normalized spacial score (nSPS) is 10.4. The fourth-order valence-electron chi connectivity index (χ4n) is 2.65. The maximum atomic E-state index is 12.2. The monoisotopic (exact) mass is 379 g/mol. The highest BCUT2D eigenvalue weighted by Gasteiger charge is 2.10. The molecule has 0 radical (unpaired) electrons. The number of thiazole rings is 1. The smallest absolute Gasteiger partial charge is 0.257 e. The third-order valence-corrected chi connectivity index (χ3v) is 4.88. The molecule has 5 nitrogen and oxygen atoms in total. The van der Waals surface area contributed by atoms with Gasteiger partial charge in [0, 0.05) is 23.1 Å². The highest BCUT2D eigenvalue weighted by molar-refractivity contribution is 7.14. The Morgan fingerprint density at radius 3 is 2.56 bits per heavy atom. The Bertz CT molecular complexity index is 951. The van der Waals surface area contributed by atoms with Crippen LogP contribution in [0.3, 0.4) is 0 Å². The molecule has 3 rings (SSSR count). The molecule has 2 amide bonds. The van der Waals surface area contributed by atoms with E-state index in [2.05, 4.69) is 15.6 Å². The van der Waals surface area contributed by atoms with Gasteiger partial charge in [-0.2, -0.15) is 0 Å². The Kier molecular flexibility index (Phi) is 5.98. The number of rotatable bonds is 6. The lowest BCUT2D eigenvalue weighted by Gasteiger charge is -2.08. The predicted molar refractivity (Wildman–Crippen MR) is 109 cm³/mol. The largest absolute Gasteiger partial charge is 0.326 e. The van der Waals surface area contributed by atoms with Crippen molar-refractivity contribution in [3.8, 4) is 0 Å². The molecule has 0 spiro atoms. The number of nitrogens with one attached hydrogen (secondary N) is 2. The average Bonchev–Trinajstić information content (AvgIpc) is 3.10. The van der Waals surface area contributed by atoms with Gasteiger partial charge in [-0.3, -0.25) is 14.9 Å². The van der Waals surface area contributed by atoms with Gasteiger partial charge in [0.05, 0.1) is 5.69 Å². The molecule has 0 saturated heterocycles. The van der Waals surface area contributed by atoms with Gasteiger partial charge in [-0.1, -0.05) is 35.9 Å². The van der Waals surface area contributed by atoms with Gasteiger partial charge in [-0.05, 0) is 44.0 Å². The molecule has 0 fully saturated rings. The topological polar surface area (TPSA) is 71.1 Å². The summed E-state index contributed by atoms with van der Waals surface area (Å²) in [5.74, 6) is -0.242.